The van der Waals surface area contributed by atoms with Crippen LogP contribution in [0.4, 0.5) is 0 Å². The van der Waals surface area contributed by atoms with E-state index in [2.05, 4.69) is 20.9 Å². The van der Waals surface area contributed by atoms with Gasteiger partial charge < -0.3 is 14.6 Å². The van der Waals surface area contributed by atoms with Crippen LogP contribution in [0.5, 0.6) is 0 Å². The summed E-state index contributed by atoms with van der Waals surface area (Å²) in [6.45, 7) is 1.50. The number of carbonyl (C=O) groups is 1. The van der Waals surface area contributed by atoms with Crippen LogP contribution in [0.1, 0.15) is 22.3 Å². The maximum atomic E-state index is 12.9. The molecule has 0 bridgehead atoms. The van der Waals surface area contributed by atoms with Gasteiger partial charge in [-0.3, -0.25) is 14.2 Å². The summed E-state index contributed by atoms with van der Waals surface area (Å²) in [5, 5.41) is 0.501. The van der Waals surface area contributed by atoms with Crippen molar-refractivity contribution in [1.82, 2.24) is 14.5 Å². The number of rotatable bonds is 7. The zero-order chi connectivity index (χ0) is 21.0. The fraction of sp³-hybridized carbons (Fsp3) is 0.286. The third-order valence-electron chi connectivity index (χ3n) is 4.67. The zero-order valence-corrected chi connectivity index (χ0v) is 18.7. The van der Waals surface area contributed by atoms with Crippen LogP contribution in [-0.2, 0) is 17.8 Å². The molecular weight excluding hydrogens is 454 g/mol. The molecule has 0 atom stereocenters. The van der Waals surface area contributed by atoms with Gasteiger partial charge in [0, 0.05) is 43.9 Å². The van der Waals surface area contributed by atoms with Crippen LogP contribution in [0.3, 0.4) is 0 Å². The minimum atomic E-state index is -0.166. The summed E-state index contributed by atoms with van der Waals surface area (Å²) in [6, 6.07) is 12.8. The second-order valence-corrected chi connectivity index (χ2v) is 7.99. The van der Waals surface area contributed by atoms with Crippen molar-refractivity contribution in [1.29, 1.82) is 0 Å². The first-order valence-electron chi connectivity index (χ1n) is 9.17. The van der Waals surface area contributed by atoms with E-state index in [1.54, 1.807) is 37.3 Å². The molecule has 6 nitrogen and oxygen atoms in total. The van der Waals surface area contributed by atoms with Crippen molar-refractivity contribution >= 4 is 45.0 Å². The van der Waals surface area contributed by atoms with E-state index in [1.165, 1.54) is 4.57 Å². The molecule has 1 amide bonds. The van der Waals surface area contributed by atoms with Crippen molar-refractivity contribution in [2.24, 2.45) is 0 Å². The van der Waals surface area contributed by atoms with Gasteiger partial charge in [0.15, 0.2) is 4.77 Å². The van der Waals surface area contributed by atoms with Crippen LogP contribution in [0, 0.1) is 4.77 Å². The highest BCUT2D eigenvalue weighted by Gasteiger charge is 2.15. The van der Waals surface area contributed by atoms with Crippen molar-refractivity contribution in [3.05, 3.63) is 73.2 Å². The Kier molecular flexibility index (Phi) is 7.00. The molecule has 0 radical (unpaired) electrons. The first-order chi connectivity index (χ1) is 13.9. The maximum Gasteiger partial charge on any atom is 0.262 e. The highest BCUT2D eigenvalue weighted by Crippen LogP contribution is 2.19. The van der Waals surface area contributed by atoms with Crippen molar-refractivity contribution < 1.29 is 9.53 Å². The quantitative estimate of drug-likeness (QED) is 0.412. The number of benzene rings is 2. The SMILES string of the molecule is COCCCn1c(=S)[nH]c2cc(C(=O)N(C)Cc3ccccc3Br)ccc2c1=O. The number of aromatic amines is 1. The summed E-state index contributed by atoms with van der Waals surface area (Å²) in [5.74, 6) is -0.133. The molecule has 0 saturated heterocycles. The minimum Gasteiger partial charge on any atom is -0.385 e. The molecule has 0 aliphatic heterocycles. The van der Waals surface area contributed by atoms with Crippen LogP contribution in [0.15, 0.2) is 51.7 Å². The number of fused-ring (bicyclic) bond motifs is 1. The normalized spacial score (nSPS) is 11.0. The van der Waals surface area contributed by atoms with Gasteiger partial charge in [0.1, 0.15) is 0 Å². The molecule has 0 aliphatic rings. The summed E-state index contributed by atoms with van der Waals surface area (Å²) in [6.07, 6.45) is 0.690. The molecule has 29 heavy (non-hydrogen) atoms. The molecular formula is C21H22BrN3O3S. The predicted octanol–water partition coefficient (Wildman–Crippen LogP) is 4.13. The van der Waals surface area contributed by atoms with Crippen LogP contribution >= 0.6 is 28.1 Å². The Hall–Kier alpha value is -2.29. The number of ether oxygens (including phenoxy) is 1. The molecule has 0 saturated carbocycles. The molecule has 152 valence electrons. The Labute approximate surface area is 182 Å². The fourth-order valence-electron chi connectivity index (χ4n) is 3.13. The Morgan fingerprint density at radius 2 is 2.03 bits per heavy atom. The number of amides is 1. The van der Waals surface area contributed by atoms with Gasteiger partial charge >= 0.3 is 0 Å². The highest BCUT2D eigenvalue weighted by molar-refractivity contribution is 9.10. The Balaban J connectivity index is 1.88. The van der Waals surface area contributed by atoms with E-state index in [4.69, 9.17) is 17.0 Å². The molecule has 0 unspecified atom stereocenters. The molecule has 8 heteroatoms. The van der Waals surface area contributed by atoms with Gasteiger partial charge in [0.05, 0.1) is 10.9 Å². The van der Waals surface area contributed by atoms with E-state index in [0.717, 1.165) is 10.0 Å². The van der Waals surface area contributed by atoms with Crippen LogP contribution in [0.2, 0.25) is 0 Å². The molecule has 0 aliphatic carbocycles. The zero-order valence-electron chi connectivity index (χ0n) is 16.3. The fourth-order valence-corrected chi connectivity index (χ4v) is 3.83. The molecule has 1 heterocycles. The lowest BCUT2D eigenvalue weighted by molar-refractivity contribution is 0.0785. The first-order valence-corrected chi connectivity index (χ1v) is 10.4. The van der Waals surface area contributed by atoms with E-state index >= 15 is 0 Å². The third kappa shape index (κ3) is 4.83. The predicted molar refractivity (Wildman–Crippen MR) is 120 cm³/mol. The van der Waals surface area contributed by atoms with Gasteiger partial charge in [-0.05, 0) is 48.5 Å². The number of nitrogens with one attached hydrogen (secondary N) is 1. The van der Waals surface area contributed by atoms with Gasteiger partial charge in [-0.2, -0.15) is 0 Å². The first kappa shape index (κ1) is 21.4. The van der Waals surface area contributed by atoms with Gasteiger partial charge in [-0.25, -0.2) is 0 Å². The summed E-state index contributed by atoms with van der Waals surface area (Å²) in [5.41, 5.74) is 1.90. The number of hydrogen-bond donors (Lipinski definition) is 1. The van der Waals surface area contributed by atoms with Gasteiger partial charge in [-0.15, -0.1) is 0 Å². The molecule has 3 rings (SSSR count). The highest BCUT2D eigenvalue weighted by atomic mass is 79.9. The Morgan fingerprint density at radius 1 is 1.28 bits per heavy atom. The van der Waals surface area contributed by atoms with E-state index in [9.17, 15) is 9.59 Å². The number of halogens is 1. The average Bonchev–Trinajstić information content (AvgIpc) is 2.71. The maximum absolute atomic E-state index is 12.9. The standard InChI is InChI=1S/C21H22BrN3O3S/c1-24(13-15-6-3-4-7-17(15)22)19(26)14-8-9-16-18(12-14)23-21(29)25(20(16)27)10-5-11-28-2/h3-4,6-9,12H,5,10-11,13H2,1-2H3,(H,23,29). The molecule has 3 aromatic rings. The lowest BCUT2D eigenvalue weighted by Crippen LogP contribution is -2.27. The van der Waals surface area contributed by atoms with Crippen molar-refractivity contribution in [3.63, 3.8) is 0 Å². The summed E-state index contributed by atoms with van der Waals surface area (Å²) in [7, 11) is 3.37. The minimum absolute atomic E-state index is 0.133. The second kappa shape index (κ2) is 9.47. The topological polar surface area (TPSA) is 67.3 Å². The van der Waals surface area contributed by atoms with Crippen LogP contribution in [0.25, 0.3) is 10.9 Å². The number of aromatic nitrogens is 2. The van der Waals surface area contributed by atoms with E-state index in [0.29, 0.717) is 47.4 Å². The van der Waals surface area contributed by atoms with Crippen LogP contribution < -0.4 is 5.56 Å². The van der Waals surface area contributed by atoms with E-state index < -0.39 is 0 Å². The second-order valence-electron chi connectivity index (χ2n) is 6.75. The molecule has 0 fully saturated rings. The van der Waals surface area contributed by atoms with E-state index in [-0.39, 0.29) is 11.5 Å². The summed E-state index contributed by atoms with van der Waals surface area (Å²) < 4.78 is 7.86. The largest absolute Gasteiger partial charge is 0.385 e. The van der Waals surface area contributed by atoms with Gasteiger partial charge in [0.2, 0.25) is 0 Å². The lowest BCUT2D eigenvalue weighted by atomic mass is 10.1. The third-order valence-corrected chi connectivity index (χ3v) is 5.77. The average molecular weight is 476 g/mol. The van der Waals surface area contributed by atoms with Gasteiger partial charge in [0.25, 0.3) is 11.5 Å². The smallest absolute Gasteiger partial charge is 0.262 e. The van der Waals surface area contributed by atoms with Crippen molar-refractivity contribution in [2.75, 3.05) is 20.8 Å². The molecule has 1 N–H and O–H groups in total. The Bertz CT molecular complexity index is 1160. The van der Waals surface area contributed by atoms with Crippen LogP contribution in [-0.4, -0.2) is 41.1 Å². The number of carbonyl (C=O) groups excluding carboxylic acids is 1. The van der Waals surface area contributed by atoms with E-state index in [1.807, 2.05) is 24.3 Å². The molecule has 2 aromatic carbocycles. The lowest BCUT2D eigenvalue weighted by Gasteiger charge is -2.18. The van der Waals surface area contributed by atoms with Crippen molar-refractivity contribution in [2.45, 2.75) is 19.5 Å². The molecule has 1 aromatic heterocycles. The van der Waals surface area contributed by atoms with Gasteiger partial charge in [-0.1, -0.05) is 34.1 Å². The number of methoxy groups -OCH3 is 1. The summed E-state index contributed by atoms with van der Waals surface area (Å²) >= 11 is 8.85. The monoisotopic (exact) mass is 475 g/mol. The van der Waals surface area contributed by atoms with Crippen molar-refractivity contribution in [3.8, 4) is 0 Å². The number of nitrogens with zero attached hydrogens (tertiary/aromatic N) is 2. The number of hydrogen-bond acceptors (Lipinski definition) is 4. The Morgan fingerprint density at radius 3 is 2.76 bits per heavy atom. The molecule has 0 spiro atoms. The summed E-state index contributed by atoms with van der Waals surface area (Å²) in [4.78, 5) is 30.4. The number of H-pyrrole nitrogens is 1.